The van der Waals surface area contributed by atoms with Gasteiger partial charge in [-0.1, -0.05) is 18.2 Å². The highest BCUT2D eigenvalue weighted by Gasteiger charge is 2.35. The van der Waals surface area contributed by atoms with E-state index in [1.165, 1.54) is 4.57 Å². The van der Waals surface area contributed by atoms with Gasteiger partial charge in [0.2, 0.25) is 0 Å². The lowest BCUT2D eigenvalue weighted by Crippen LogP contribution is -2.39. The van der Waals surface area contributed by atoms with Crippen molar-refractivity contribution in [2.75, 3.05) is 6.61 Å². The number of nitrogens with zero attached hydrogens (tertiary/aromatic N) is 3. The molecule has 4 rings (SSSR count). The molecule has 0 radical (unpaired) electrons. The summed E-state index contributed by atoms with van der Waals surface area (Å²) in [5.41, 5.74) is 3.12. The topological polar surface area (TPSA) is 78.2 Å². The van der Waals surface area contributed by atoms with Crippen molar-refractivity contribution in [3.63, 3.8) is 0 Å². The molecule has 7 heteroatoms. The van der Waals surface area contributed by atoms with Crippen LogP contribution >= 0.6 is 0 Å². The first-order valence-electron chi connectivity index (χ1n) is 9.40. The predicted molar refractivity (Wildman–Crippen MR) is 106 cm³/mol. The van der Waals surface area contributed by atoms with Crippen molar-refractivity contribution in [3.8, 4) is 0 Å². The third-order valence-electron chi connectivity index (χ3n) is 5.64. The van der Waals surface area contributed by atoms with Gasteiger partial charge in [-0.2, -0.15) is 5.10 Å². The molecule has 146 valence electrons. The number of amides is 1. The standard InChI is InChI=1S/C21H24N4O3/c1-12-18(13(2)25(4)23-12)19-16(9-10-28-19)22-20(26)17-11-14-7-5-6-8-15(14)21(27)24(17)3/h5-8,11,16,19H,9-10H2,1-4H3,(H,22,26)/t16-,19-/m0/s1. The number of hydrogen-bond donors (Lipinski definition) is 1. The average Bonchev–Trinajstić information content (AvgIpc) is 3.21. The van der Waals surface area contributed by atoms with Crippen molar-refractivity contribution < 1.29 is 9.53 Å². The lowest BCUT2D eigenvalue weighted by molar-refractivity contribution is 0.0810. The number of nitrogens with one attached hydrogen (secondary N) is 1. The van der Waals surface area contributed by atoms with Crippen LogP contribution in [0.2, 0.25) is 0 Å². The Hall–Kier alpha value is -2.93. The molecule has 1 aromatic carbocycles. The first kappa shape index (κ1) is 18.4. The first-order chi connectivity index (χ1) is 13.4. The number of fused-ring (bicyclic) bond motifs is 1. The highest BCUT2D eigenvalue weighted by atomic mass is 16.5. The Morgan fingerprint density at radius 3 is 2.71 bits per heavy atom. The van der Waals surface area contributed by atoms with Crippen molar-refractivity contribution in [1.82, 2.24) is 19.7 Å². The predicted octanol–water partition coefficient (Wildman–Crippen LogP) is 2.15. The van der Waals surface area contributed by atoms with Crippen LogP contribution in [0.15, 0.2) is 35.1 Å². The van der Waals surface area contributed by atoms with E-state index in [2.05, 4.69) is 10.4 Å². The second kappa shape index (κ2) is 6.91. The summed E-state index contributed by atoms with van der Waals surface area (Å²) in [7, 11) is 3.53. The summed E-state index contributed by atoms with van der Waals surface area (Å²) in [6, 6.07) is 8.89. The smallest absolute Gasteiger partial charge is 0.268 e. The highest BCUT2D eigenvalue weighted by molar-refractivity contribution is 5.96. The number of aryl methyl sites for hydroxylation is 2. The van der Waals surface area contributed by atoms with E-state index in [1.54, 1.807) is 19.2 Å². The van der Waals surface area contributed by atoms with E-state index in [0.717, 1.165) is 22.3 Å². The zero-order valence-corrected chi connectivity index (χ0v) is 16.5. The third-order valence-corrected chi connectivity index (χ3v) is 5.64. The van der Waals surface area contributed by atoms with Gasteiger partial charge in [0.25, 0.3) is 11.5 Å². The Balaban J connectivity index is 1.66. The summed E-state index contributed by atoms with van der Waals surface area (Å²) < 4.78 is 9.19. The summed E-state index contributed by atoms with van der Waals surface area (Å²) in [5.74, 6) is -0.273. The zero-order chi connectivity index (χ0) is 20.0. The summed E-state index contributed by atoms with van der Waals surface area (Å²) in [6.07, 6.45) is 0.473. The average molecular weight is 380 g/mol. The van der Waals surface area contributed by atoms with Gasteiger partial charge in [0.1, 0.15) is 11.8 Å². The van der Waals surface area contributed by atoms with Crippen LogP contribution in [-0.4, -0.2) is 32.9 Å². The number of benzene rings is 1. The molecule has 1 saturated heterocycles. The summed E-state index contributed by atoms with van der Waals surface area (Å²) in [4.78, 5) is 25.6. The second-order valence-corrected chi connectivity index (χ2v) is 7.35. The molecule has 2 atom stereocenters. The molecule has 1 aliphatic heterocycles. The Kier molecular flexibility index (Phi) is 4.55. The van der Waals surface area contributed by atoms with Gasteiger partial charge in [0, 0.05) is 37.3 Å². The van der Waals surface area contributed by atoms with Crippen LogP contribution in [-0.2, 0) is 18.8 Å². The van der Waals surface area contributed by atoms with E-state index in [0.29, 0.717) is 24.1 Å². The van der Waals surface area contributed by atoms with Crippen molar-refractivity contribution >= 4 is 16.7 Å². The minimum atomic E-state index is -0.273. The number of ether oxygens (including phenoxy) is 1. The second-order valence-electron chi connectivity index (χ2n) is 7.35. The molecule has 28 heavy (non-hydrogen) atoms. The lowest BCUT2D eigenvalue weighted by Gasteiger charge is -2.21. The number of carbonyl (C=O) groups excluding carboxylic acids is 1. The number of carbonyl (C=O) groups is 1. The number of pyridine rings is 1. The van der Waals surface area contributed by atoms with Crippen molar-refractivity contribution in [2.24, 2.45) is 14.1 Å². The molecule has 0 aliphatic carbocycles. The van der Waals surface area contributed by atoms with Gasteiger partial charge in [-0.05, 0) is 37.8 Å². The lowest BCUT2D eigenvalue weighted by atomic mass is 10.00. The maximum absolute atomic E-state index is 13.0. The Bertz CT molecular complexity index is 1130. The van der Waals surface area contributed by atoms with E-state index in [4.69, 9.17) is 4.74 Å². The van der Waals surface area contributed by atoms with E-state index in [-0.39, 0.29) is 23.6 Å². The number of rotatable bonds is 3. The minimum absolute atomic E-state index is 0.171. The normalized spacial score (nSPS) is 19.3. The van der Waals surface area contributed by atoms with Crippen LogP contribution in [0, 0.1) is 13.8 Å². The fraction of sp³-hybridized carbons (Fsp3) is 0.381. The molecule has 0 bridgehead atoms. The van der Waals surface area contributed by atoms with Gasteiger partial charge >= 0.3 is 0 Å². The van der Waals surface area contributed by atoms with Crippen LogP contribution in [0.5, 0.6) is 0 Å². The summed E-state index contributed by atoms with van der Waals surface area (Å²) in [6.45, 7) is 4.53. The monoisotopic (exact) mass is 380 g/mol. The molecule has 3 aromatic rings. The van der Waals surface area contributed by atoms with Gasteiger partial charge in [-0.25, -0.2) is 0 Å². The fourth-order valence-electron chi connectivity index (χ4n) is 4.04. The largest absolute Gasteiger partial charge is 0.371 e. The Labute approximate surface area is 162 Å². The molecule has 2 aromatic heterocycles. The van der Waals surface area contributed by atoms with Gasteiger partial charge < -0.3 is 14.6 Å². The SMILES string of the molecule is Cc1nn(C)c(C)c1[C@H]1OCC[C@@H]1NC(=O)c1cc2ccccc2c(=O)n1C. The Morgan fingerprint density at radius 2 is 2.00 bits per heavy atom. The Morgan fingerprint density at radius 1 is 1.25 bits per heavy atom. The van der Waals surface area contributed by atoms with E-state index in [1.807, 2.05) is 43.8 Å². The first-order valence-corrected chi connectivity index (χ1v) is 9.40. The molecule has 1 N–H and O–H groups in total. The van der Waals surface area contributed by atoms with E-state index in [9.17, 15) is 9.59 Å². The fourth-order valence-corrected chi connectivity index (χ4v) is 4.04. The third kappa shape index (κ3) is 2.92. The molecule has 1 amide bonds. The van der Waals surface area contributed by atoms with Crippen molar-refractivity contribution in [1.29, 1.82) is 0 Å². The van der Waals surface area contributed by atoms with Gasteiger partial charge in [0.15, 0.2) is 0 Å². The molecule has 1 fully saturated rings. The molecule has 0 spiro atoms. The van der Waals surface area contributed by atoms with E-state index >= 15 is 0 Å². The molecule has 0 unspecified atom stereocenters. The van der Waals surface area contributed by atoms with Crippen LogP contribution < -0.4 is 10.9 Å². The van der Waals surface area contributed by atoms with Gasteiger partial charge in [-0.15, -0.1) is 0 Å². The molecule has 1 aliphatic rings. The van der Waals surface area contributed by atoms with E-state index < -0.39 is 0 Å². The zero-order valence-electron chi connectivity index (χ0n) is 16.5. The molecule has 7 nitrogen and oxygen atoms in total. The molecule has 3 heterocycles. The summed E-state index contributed by atoms with van der Waals surface area (Å²) >= 11 is 0. The molecule has 0 saturated carbocycles. The maximum Gasteiger partial charge on any atom is 0.268 e. The van der Waals surface area contributed by atoms with Crippen molar-refractivity contribution in [2.45, 2.75) is 32.4 Å². The van der Waals surface area contributed by atoms with Gasteiger partial charge in [0.05, 0.1) is 11.7 Å². The minimum Gasteiger partial charge on any atom is -0.371 e. The van der Waals surface area contributed by atoms with Crippen LogP contribution in [0.4, 0.5) is 0 Å². The molecular weight excluding hydrogens is 356 g/mol. The van der Waals surface area contributed by atoms with Crippen LogP contribution in [0.25, 0.3) is 10.8 Å². The van der Waals surface area contributed by atoms with Crippen molar-refractivity contribution in [3.05, 3.63) is 63.3 Å². The van der Waals surface area contributed by atoms with Crippen LogP contribution in [0.3, 0.4) is 0 Å². The number of hydrogen-bond acceptors (Lipinski definition) is 4. The quantitative estimate of drug-likeness (QED) is 0.755. The maximum atomic E-state index is 13.0. The highest BCUT2D eigenvalue weighted by Crippen LogP contribution is 2.33. The summed E-state index contributed by atoms with van der Waals surface area (Å²) in [5, 5.41) is 8.91. The number of aromatic nitrogens is 3. The molecular formula is C21H24N4O3. The van der Waals surface area contributed by atoms with Gasteiger partial charge in [-0.3, -0.25) is 14.3 Å². The van der Waals surface area contributed by atoms with Crippen LogP contribution in [0.1, 0.15) is 40.0 Å².